The lowest BCUT2D eigenvalue weighted by Gasteiger charge is -2.33. The van der Waals surface area contributed by atoms with Crippen molar-refractivity contribution in [2.24, 2.45) is 5.92 Å². The first-order valence-electron chi connectivity index (χ1n) is 5.01. The van der Waals surface area contributed by atoms with E-state index in [9.17, 15) is 0 Å². The molecule has 0 aromatic heterocycles. The fourth-order valence-electron chi connectivity index (χ4n) is 2.22. The second-order valence-corrected chi connectivity index (χ2v) is 3.98. The van der Waals surface area contributed by atoms with Gasteiger partial charge in [-0.25, -0.2) is 0 Å². The summed E-state index contributed by atoms with van der Waals surface area (Å²) < 4.78 is 5.47. The van der Waals surface area contributed by atoms with Crippen molar-refractivity contribution in [1.82, 2.24) is 4.90 Å². The molecule has 0 spiro atoms. The Morgan fingerprint density at radius 3 is 2.58 bits per heavy atom. The lowest BCUT2D eigenvalue weighted by molar-refractivity contribution is 0.133. The molecule has 0 aliphatic carbocycles. The highest BCUT2D eigenvalue weighted by molar-refractivity contribution is 4.86. The molecule has 0 amide bonds. The number of piperidine rings is 1. The summed E-state index contributed by atoms with van der Waals surface area (Å²) in [6.45, 7) is 6.72. The summed E-state index contributed by atoms with van der Waals surface area (Å²) in [5.74, 6) is 0.739. The lowest BCUT2D eigenvalue weighted by atomic mass is 10.0. The zero-order valence-corrected chi connectivity index (χ0v) is 7.83. The van der Waals surface area contributed by atoms with Gasteiger partial charge in [0.2, 0.25) is 0 Å². The first kappa shape index (κ1) is 8.52. The molecule has 0 bridgehead atoms. The van der Waals surface area contributed by atoms with Crippen LogP contribution in [0.4, 0.5) is 0 Å². The number of rotatable bonds is 1. The minimum atomic E-state index is 0.707. The van der Waals surface area contributed by atoms with Crippen LogP contribution in [0.1, 0.15) is 19.8 Å². The quantitative estimate of drug-likeness (QED) is 0.585. The lowest BCUT2D eigenvalue weighted by Crippen LogP contribution is -2.42. The van der Waals surface area contributed by atoms with Gasteiger partial charge in [-0.2, -0.15) is 0 Å². The minimum absolute atomic E-state index is 0.707. The van der Waals surface area contributed by atoms with Gasteiger partial charge >= 0.3 is 0 Å². The molecule has 2 heterocycles. The molecule has 2 fully saturated rings. The van der Waals surface area contributed by atoms with Crippen LogP contribution in [0.5, 0.6) is 0 Å². The Kier molecular flexibility index (Phi) is 2.66. The van der Waals surface area contributed by atoms with Crippen molar-refractivity contribution < 1.29 is 4.74 Å². The van der Waals surface area contributed by atoms with E-state index in [1.54, 1.807) is 0 Å². The molecule has 2 unspecified atom stereocenters. The van der Waals surface area contributed by atoms with Crippen LogP contribution in [0.15, 0.2) is 0 Å². The Morgan fingerprint density at radius 1 is 1.25 bits per heavy atom. The van der Waals surface area contributed by atoms with Gasteiger partial charge in [0.05, 0.1) is 13.2 Å². The Balaban J connectivity index is 1.89. The van der Waals surface area contributed by atoms with Crippen LogP contribution in [-0.2, 0) is 4.74 Å². The summed E-state index contributed by atoms with van der Waals surface area (Å²) in [7, 11) is 0. The third-order valence-electron chi connectivity index (χ3n) is 3.04. The molecule has 0 aromatic rings. The zero-order chi connectivity index (χ0) is 8.39. The standard InChI is InChI=1S/C10H18NO/c1-9-7-12-8-10(9)11-5-3-2-4-6-11/h2,9-10H,3-8H2,1H3. The van der Waals surface area contributed by atoms with Crippen molar-refractivity contribution in [3.05, 3.63) is 6.42 Å². The van der Waals surface area contributed by atoms with E-state index in [1.807, 2.05) is 0 Å². The Bertz CT molecular complexity index is 143. The first-order valence-corrected chi connectivity index (χ1v) is 5.01. The highest BCUT2D eigenvalue weighted by Crippen LogP contribution is 2.22. The van der Waals surface area contributed by atoms with Gasteiger partial charge in [0.25, 0.3) is 0 Å². The second kappa shape index (κ2) is 3.75. The molecule has 0 N–H and O–H groups in total. The molecule has 2 nitrogen and oxygen atoms in total. The molecule has 2 aliphatic heterocycles. The van der Waals surface area contributed by atoms with Crippen molar-refractivity contribution in [1.29, 1.82) is 0 Å². The van der Waals surface area contributed by atoms with Gasteiger partial charge in [0, 0.05) is 6.04 Å². The maximum absolute atomic E-state index is 5.47. The van der Waals surface area contributed by atoms with Crippen LogP contribution in [0.2, 0.25) is 0 Å². The van der Waals surface area contributed by atoms with Crippen LogP contribution >= 0.6 is 0 Å². The van der Waals surface area contributed by atoms with Crippen molar-refractivity contribution in [3.63, 3.8) is 0 Å². The molecule has 0 aromatic carbocycles. The topological polar surface area (TPSA) is 12.5 Å². The summed E-state index contributed by atoms with van der Waals surface area (Å²) in [6.07, 6.45) is 4.93. The molecule has 69 valence electrons. The average Bonchev–Trinajstić information content (AvgIpc) is 2.53. The largest absolute Gasteiger partial charge is 0.379 e. The molecular formula is C10H18NO. The first-order chi connectivity index (χ1) is 5.88. The third-order valence-corrected chi connectivity index (χ3v) is 3.04. The number of nitrogens with zero attached hydrogens (tertiary/aromatic N) is 1. The number of ether oxygens (including phenoxy) is 1. The average molecular weight is 168 g/mol. The molecule has 1 radical (unpaired) electrons. The van der Waals surface area contributed by atoms with Gasteiger partial charge in [-0.3, -0.25) is 4.90 Å². The molecule has 2 aliphatic rings. The molecule has 2 atom stereocenters. The minimum Gasteiger partial charge on any atom is -0.379 e. The highest BCUT2D eigenvalue weighted by Gasteiger charge is 2.30. The van der Waals surface area contributed by atoms with Crippen LogP contribution in [0, 0.1) is 12.3 Å². The Hall–Kier alpha value is -0.0800. The third kappa shape index (κ3) is 1.64. The molecule has 2 heteroatoms. The summed E-state index contributed by atoms with van der Waals surface area (Å²) in [4.78, 5) is 2.59. The highest BCUT2D eigenvalue weighted by atomic mass is 16.5. The second-order valence-electron chi connectivity index (χ2n) is 3.98. The van der Waals surface area contributed by atoms with E-state index in [4.69, 9.17) is 4.74 Å². The monoisotopic (exact) mass is 168 g/mol. The van der Waals surface area contributed by atoms with Gasteiger partial charge in [-0.1, -0.05) is 6.92 Å². The van der Waals surface area contributed by atoms with E-state index in [-0.39, 0.29) is 0 Å². The predicted octanol–water partition coefficient (Wildman–Crippen LogP) is 1.32. The van der Waals surface area contributed by atoms with Crippen LogP contribution < -0.4 is 0 Å². The van der Waals surface area contributed by atoms with Gasteiger partial charge in [-0.05, 0) is 38.3 Å². The molecule has 0 saturated carbocycles. The summed E-state index contributed by atoms with van der Waals surface area (Å²) >= 11 is 0. The van der Waals surface area contributed by atoms with E-state index in [1.165, 1.54) is 25.9 Å². The number of likely N-dealkylation sites (tertiary alicyclic amines) is 1. The summed E-state index contributed by atoms with van der Waals surface area (Å²) in [5.41, 5.74) is 0. The van der Waals surface area contributed by atoms with Gasteiger partial charge in [0.15, 0.2) is 0 Å². The smallest absolute Gasteiger partial charge is 0.0625 e. The Labute approximate surface area is 74.9 Å². The predicted molar refractivity (Wildman–Crippen MR) is 48.9 cm³/mol. The zero-order valence-electron chi connectivity index (χ0n) is 7.83. The van der Waals surface area contributed by atoms with Crippen molar-refractivity contribution >= 4 is 0 Å². The summed E-state index contributed by atoms with van der Waals surface area (Å²) in [5, 5.41) is 0. The SMILES string of the molecule is CC1COCC1N1CC[CH]CC1. The van der Waals surface area contributed by atoms with E-state index < -0.39 is 0 Å². The van der Waals surface area contributed by atoms with Crippen molar-refractivity contribution in [2.75, 3.05) is 26.3 Å². The molecule has 2 rings (SSSR count). The van der Waals surface area contributed by atoms with Crippen LogP contribution in [-0.4, -0.2) is 37.2 Å². The maximum atomic E-state index is 5.47. The number of hydrogen-bond acceptors (Lipinski definition) is 2. The van der Waals surface area contributed by atoms with Gasteiger partial charge in [-0.15, -0.1) is 0 Å². The summed E-state index contributed by atoms with van der Waals surface area (Å²) in [6, 6.07) is 0.707. The maximum Gasteiger partial charge on any atom is 0.0625 e. The molecular weight excluding hydrogens is 150 g/mol. The van der Waals surface area contributed by atoms with Gasteiger partial charge in [0.1, 0.15) is 0 Å². The van der Waals surface area contributed by atoms with E-state index in [2.05, 4.69) is 18.2 Å². The van der Waals surface area contributed by atoms with Crippen LogP contribution in [0.25, 0.3) is 0 Å². The normalized spacial score (nSPS) is 38.8. The molecule has 12 heavy (non-hydrogen) atoms. The van der Waals surface area contributed by atoms with E-state index >= 15 is 0 Å². The van der Waals surface area contributed by atoms with E-state index in [0.29, 0.717) is 6.04 Å². The Morgan fingerprint density at radius 2 is 2.00 bits per heavy atom. The van der Waals surface area contributed by atoms with Crippen LogP contribution in [0.3, 0.4) is 0 Å². The fraction of sp³-hybridized carbons (Fsp3) is 0.900. The molecule has 2 saturated heterocycles. The number of hydrogen-bond donors (Lipinski definition) is 0. The van der Waals surface area contributed by atoms with Gasteiger partial charge < -0.3 is 4.74 Å². The van der Waals surface area contributed by atoms with E-state index in [0.717, 1.165) is 19.1 Å². The van der Waals surface area contributed by atoms with Crippen molar-refractivity contribution in [3.8, 4) is 0 Å². The fourth-order valence-corrected chi connectivity index (χ4v) is 2.22. The van der Waals surface area contributed by atoms with Crippen molar-refractivity contribution in [2.45, 2.75) is 25.8 Å².